The summed E-state index contributed by atoms with van der Waals surface area (Å²) in [6.45, 7) is 4.77. The number of ketones is 1. The Morgan fingerprint density at radius 1 is 1.21 bits per heavy atom. The molecule has 6 nitrogen and oxygen atoms in total. The molecule has 6 heteroatoms. The third-order valence-corrected chi connectivity index (χ3v) is 4.98. The number of likely N-dealkylation sites (N-methyl/N-ethyl adjacent to an activating group) is 1. The number of hydrogen-bond donors (Lipinski definition) is 1. The van der Waals surface area contributed by atoms with Crippen LogP contribution >= 0.6 is 0 Å². The van der Waals surface area contributed by atoms with Crippen LogP contribution in [-0.4, -0.2) is 58.8 Å². The predicted molar refractivity (Wildman–Crippen MR) is 108 cm³/mol. The number of pyridine rings is 1. The topological polar surface area (TPSA) is 73.7 Å². The molecule has 1 aromatic heterocycles. The minimum atomic E-state index is -0.661. The van der Waals surface area contributed by atoms with Gasteiger partial charge in [0.1, 0.15) is 5.76 Å². The molecule has 1 aliphatic rings. The molecule has 146 valence electrons. The van der Waals surface area contributed by atoms with E-state index in [-0.39, 0.29) is 11.3 Å². The highest BCUT2D eigenvalue weighted by Gasteiger charge is 2.46. The van der Waals surface area contributed by atoms with E-state index < -0.39 is 17.7 Å². The van der Waals surface area contributed by atoms with Crippen LogP contribution in [0, 0.1) is 13.8 Å². The van der Waals surface area contributed by atoms with Crippen molar-refractivity contribution in [3.05, 3.63) is 70.6 Å². The Labute approximate surface area is 165 Å². The fourth-order valence-corrected chi connectivity index (χ4v) is 3.44. The molecular weight excluding hydrogens is 354 g/mol. The van der Waals surface area contributed by atoms with Gasteiger partial charge in [0.15, 0.2) is 0 Å². The molecule has 28 heavy (non-hydrogen) atoms. The summed E-state index contributed by atoms with van der Waals surface area (Å²) in [5.74, 6) is -1.39. The largest absolute Gasteiger partial charge is 0.507 e. The Morgan fingerprint density at radius 2 is 1.96 bits per heavy atom. The Kier molecular flexibility index (Phi) is 5.61. The smallest absolute Gasteiger partial charge is 0.295 e. The first-order valence-electron chi connectivity index (χ1n) is 9.22. The zero-order valence-corrected chi connectivity index (χ0v) is 16.6. The number of rotatable bonds is 5. The molecule has 0 saturated carbocycles. The summed E-state index contributed by atoms with van der Waals surface area (Å²) in [6, 6.07) is 8.60. The molecule has 3 rings (SSSR count). The number of hydrogen-bond acceptors (Lipinski definition) is 5. The average Bonchev–Trinajstić information content (AvgIpc) is 2.93. The number of carbonyl (C=O) groups is 2. The van der Waals surface area contributed by atoms with Crippen molar-refractivity contribution < 1.29 is 14.7 Å². The Morgan fingerprint density at radius 3 is 2.61 bits per heavy atom. The van der Waals surface area contributed by atoms with Crippen molar-refractivity contribution in [3.8, 4) is 0 Å². The first-order valence-corrected chi connectivity index (χ1v) is 9.22. The maximum atomic E-state index is 12.9. The van der Waals surface area contributed by atoms with Gasteiger partial charge < -0.3 is 14.9 Å². The number of benzene rings is 1. The highest BCUT2D eigenvalue weighted by atomic mass is 16.3. The average molecular weight is 379 g/mol. The third-order valence-electron chi connectivity index (χ3n) is 4.98. The van der Waals surface area contributed by atoms with Gasteiger partial charge >= 0.3 is 0 Å². The van der Waals surface area contributed by atoms with Crippen LogP contribution in [0.4, 0.5) is 0 Å². The van der Waals surface area contributed by atoms with Crippen LogP contribution in [0.25, 0.3) is 5.76 Å². The zero-order valence-electron chi connectivity index (χ0n) is 16.6. The second kappa shape index (κ2) is 7.94. The number of amides is 1. The number of nitrogens with zero attached hydrogens (tertiary/aromatic N) is 3. The lowest BCUT2D eigenvalue weighted by Gasteiger charge is -2.26. The standard InChI is InChI=1S/C22H25N3O3/c1-14-7-8-15(2)17(12-14)20(26)18-19(16-6-5-9-23-13-16)25(11-10-24(3)4)22(28)21(18)27/h5-9,12-13,19,26H,10-11H2,1-4H3/t19-/m1/s1. The van der Waals surface area contributed by atoms with Crippen LogP contribution in [0.2, 0.25) is 0 Å². The summed E-state index contributed by atoms with van der Waals surface area (Å²) >= 11 is 0. The van der Waals surface area contributed by atoms with Gasteiger partial charge in [-0.05, 0) is 51.2 Å². The normalized spacial score (nSPS) is 18.9. The lowest BCUT2D eigenvalue weighted by atomic mass is 9.94. The van der Waals surface area contributed by atoms with E-state index in [2.05, 4.69) is 4.98 Å². The zero-order chi connectivity index (χ0) is 20.4. The first kappa shape index (κ1) is 19.8. The second-order valence-electron chi connectivity index (χ2n) is 7.40. The van der Waals surface area contributed by atoms with E-state index in [1.54, 1.807) is 18.5 Å². The molecule has 0 aliphatic carbocycles. The van der Waals surface area contributed by atoms with Gasteiger partial charge in [-0.3, -0.25) is 14.6 Å². The summed E-state index contributed by atoms with van der Waals surface area (Å²) in [6.07, 6.45) is 3.27. The Hall–Kier alpha value is -2.99. The summed E-state index contributed by atoms with van der Waals surface area (Å²) in [5.41, 5.74) is 3.19. The number of Topliss-reactive ketones (excluding diaryl/α,β-unsaturated/α-hetero) is 1. The van der Waals surface area contributed by atoms with Crippen LogP contribution in [0.3, 0.4) is 0 Å². The minimum absolute atomic E-state index is 0.116. The number of likely N-dealkylation sites (tertiary alicyclic amines) is 1. The van der Waals surface area contributed by atoms with Crippen molar-refractivity contribution in [1.29, 1.82) is 0 Å². The van der Waals surface area contributed by atoms with Gasteiger partial charge in [-0.1, -0.05) is 23.8 Å². The fraction of sp³-hybridized carbons (Fsp3) is 0.318. The van der Waals surface area contributed by atoms with Gasteiger partial charge in [0.2, 0.25) is 0 Å². The van der Waals surface area contributed by atoms with Crippen molar-refractivity contribution in [2.45, 2.75) is 19.9 Å². The number of aliphatic hydroxyl groups excluding tert-OH is 1. The summed E-state index contributed by atoms with van der Waals surface area (Å²) in [7, 11) is 3.82. The molecule has 0 spiro atoms. The minimum Gasteiger partial charge on any atom is -0.507 e. The van der Waals surface area contributed by atoms with Crippen molar-refractivity contribution >= 4 is 17.4 Å². The number of aliphatic hydroxyl groups is 1. The van der Waals surface area contributed by atoms with Crippen LogP contribution in [-0.2, 0) is 9.59 Å². The molecule has 0 bridgehead atoms. The van der Waals surface area contributed by atoms with E-state index in [0.717, 1.165) is 11.1 Å². The maximum absolute atomic E-state index is 12.9. The van der Waals surface area contributed by atoms with Crippen molar-refractivity contribution in [2.75, 3.05) is 27.2 Å². The SMILES string of the molecule is Cc1ccc(C)c(C(O)=C2C(=O)C(=O)N(CCN(C)C)[C@@H]2c2cccnc2)c1. The van der Waals surface area contributed by atoms with E-state index in [0.29, 0.717) is 24.2 Å². The van der Waals surface area contributed by atoms with Crippen molar-refractivity contribution in [2.24, 2.45) is 0 Å². The van der Waals surface area contributed by atoms with Gasteiger partial charge in [-0.25, -0.2) is 0 Å². The van der Waals surface area contributed by atoms with Crippen LogP contribution in [0.5, 0.6) is 0 Å². The molecule has 1 aromatic carbocycles. The molecule has 1 saturated heterocycles. The van der Waals surface area contributed by atoms with Gasteiger partial charge in [0, 0.05) is 31.0 Å². The van der Waals surface area contributed by atoms with E-state index in [1.807, 2.05) is 57.1 Å². The van der Waals surface area contributed by atoms with E-state index >= 15 is 0 Å². The quantitative estimate of drug-likeness (QED) is 0.491. The van der Waals surface area contributed by atoms with Gasteiger partial charge in [0.05, 0.1) is 11.6 Å². The van der Waals surface area contributed by atoms with Gasteiger partial charge in [-0.15, -0.1) is 0 Å². The predicted octanol–water partition coefficient (Wildman–Crippen LogP) is 2.68. The summed E-state index contributed by atoms with van der Waals surface area (Å²) in [5, 5.41) is 11.1. The van der Waals surface area contributed by atoms with Gasteiger partial charge in [-0.2, -0.15) is 0 Å². The molecule has 1 amide bonds. The van der Waals surface area contributed by atoms with Crippen LogP contribution < -0.4 is 0 Å². The number of aromatic nitrogens is 1. The van der Waals surface area contributed by atoms with E-state index in [1.165, 1.54) is 4.90 Å². The first-order chi connectivity index (χ1) is 13.3. The van der Waals surface area contributed by atoms with Gasteiger partial charge in [0.25, 0.3) is 11.7 Å². The highest BCUT2D eigenvalue weighted by Crippen LogP contribution is 2.39. The fourth-order valence-electron chi connectivity index (χ4n) is 3.44. The number of carbonyl (C=O) groups excluding carboxylic acids is 2. The molecular formula is C22H25N3O3. The monoisotopic (exact) mass is 379 g/mol. The highest BCUT2D eigenvalue weighted by molar-refractivity contribution is 6.46. The lowest BCUT2D eigenvalue weighted by molar-refractivity contribution is -0.140. The third kappa shape index (κ3) is 3.68. The second-order valence-corrected chi connectivity index (χ2v) is 7.40. The summed E-state index contributed by atoms with van der Waals surface area (Å²) in [4.78, 5) is 33.3. The number of aryl methyl sites for hydroxylation is 2. The molecule has 0 unspecified atom stereocenters. The Bertz CT molecular complexity index is 935. The summed E-state index contributed by atoms with van der Waals surface area (Å²) < 4.78 is 0. The maximum Gasteiger partial charge on any atom is 0.295 e. The Balaban J connectivity index is 2.18. The van der Waals surface area contributed by atoms with Crippen molar-refractivity contribution in [1.82, 2.24) is 14.8 Å². The molecule has 2 heterocycles. The van der Waals surface area contributed by atoms with E-state index in [4.69, 9.17) is 0 Å². The van der Waals surface area contributed by atoms with E-state index in [9.17, 15) is 14.7 Å². The molecule has 2 aromatic rings. The molecule has 1 aliphatic heterocycles. The molecule has 0 radical (unpaired) electrons. The molecule has 1 atom stereocenters. The van der Waals surface area contributed by atoms with Crippen LogP contribution in [0.15, 0.2) is 48.3 Å². The molecule has 1 N–H and O–H groups in total. The lowest BCUT2D eigenvalue weighted by Crippen LogP contribution is -2.35. The molecule has 1 fully saturated rings. The van der Waals surface area contributed by atoms with Crippen LogP contribution in [0.1, 0.15) is 28.3 Å². The van der Waals surface area contributed by atoms with Crippen molar-refractivity contribution in [3.63, 3.8) is 0 Å².